The molecule has 0 unspecified atom stereocenters. The van der Waals surface area contributed by atoms with Gasteiger partial charge in [0.25, 0.3) is 0 Å². The SMILES string of the molecule is CC(C)CC[C@H](N)c1cc(Cl)cc(Cl)c1.Cl. The van der Waals surface area contributed by atoms with Crippen LogP contribution in [-0.4, -0.2) is 0 Å². The highest BCUT2D eigenvalue weighted by atomic mass is 35.5. The number of rotatable bonds is 4. The van der Waals surface area contributed by atoms with Gasteiger partial charge in [-0.25, -0.2) is 0 Å². The molecule has 4 heteroatoms. The quantitative estimate of drug-likeness (QED) is 0.839. The molecule has 0 aliphatic rings. The average Bonchev–Trinajstić information content (AvgIpc) is 2.12. The monoisotopic (exact) mass is 281 g/mol. The molecule has 0 aliphatic carbocycles. The Morgan fingerprint density at radius 1 is 1.06 bits per heavy atom. The van der Waals surface area contributed by atoms with Gasteiger partial charge in [-0.1, -0.05) is 37.0 Å². The molecule has 1 rings (SSSR count). The fraction of sp³-hybridized carbons (Fsp3) is 0.500. The number of benzene rings is 1. The molecule has 1 aromatic rings. The maximum atomic E-state index is 6.06. The molecular formula is C12H18Cl3N. The molecule has 0 spiro atoms. The van der Waals surface area contributed by atoms with Crippen LogP contribution in [0.25, 0.3) is 0 Å². The van der Waals surface area contributed by atoms with Crippen LogP contribution in [0.3, 0.4) is 0 Å². The van der Waals surface area contributed by atoms with E-state index in [1.54, 1.807) is 6.07 Å². The summed E-state index contributed by atoms with van der Waals surface area (Å²) in [5, 5.41) is 1.30. The zero-order chi connectivity index (χ0) is 11.4. The van der Waals surface area contributed by atoms with E-state index in [0.29, 0.717) is 16.0 Å². The van der Waals surface area contributed by atoms with Gasteiger partial charge >= 0.3 is 0 Å². The predicted molar refractivity (Wildman–Crippen MR) is 74.7 cm³/mol. The molecule has 1 aromatic carbocycles. The maximum absolute atomic E-state index is 6.06. The molecule has 0 heterocycles. The topological polar surface area (TPSA) is 26.0 Å². The minimum atomic E-state index is 0. The Kier molecular flexibility index (Phi) is 7.41. The molecule has 92 valence electrons. The van der Waals surface area contributed by atoms with Crippen molar-refractivity contribution in [3.63, 3.8) is 0 Å². The molecule has 0 bridgehead atoms. The van der Waals surface area contributed by atoms with Crippen LogP contribution < -0.4 is 5.73 Å². The van der Waals surface area contributed by atoms with Gasteiger partial charge in [0, 0.05) is 16.1 Å². The third kappa shape index (κ3) is 5.40. The van der Waals surface area contributed by atoms with Gasteiger partial charge in [-0.05, 0) is 42.5 Å². The number of halogens is 3. The van der Waals surface area contributed by atoms with Crippen LogP contribution in [0.15, 0.2) is 18.2 Å². The molecule has 0 saturated heterocycles. The summed E-state index contributed by atoms with van der Waals surface area (Å²) in [7, 11) is 0. The second kappa shape index (κ2) is 7.39. The Hall–Kier alpha value is 0.0500. The van der Waals surface area contributed by atoms with Crippen molar-refractivity contribution in [3.8, 4) is 0 Å². The van der Waals surface area contributed by atoms with Crippen molar-refractivity contribution in [2.45, 2.75) is 32.7 Å². The average molecular weight is 283 g/mol. The number of hydrogen-bond donors (Lipinski definition) is 1. The molecule has 0 aliphatic heterocycles. The van der Waals surface area contributed by atoms with Gasteiger partial charge in [-0.3, -0.25) is 0 Å². The summed E-state index contributed by atoms with van der Waals surface area (Å²) in [6, 6.07) is 5.53. The summed E-state index contributed by atoms with van der Waals surface area (Å²) < 4.78 is 0. The zero-order valence-electron chi connectivity index (χ0n) is 9.54. The molecular weight excluding hydrogens is 264 g/mol. The van der Waals surface area contributed by atoms with Crippen LogP contribution in [0, 0.1) is 5.92 Å². The fourth-order valence-electron chi connectivity index (χ4n) is 1.47. The molecule has 0 saturated carbocycles. The van der Waals surface area contributed by atoms with E-state index in [4.69, 9.17) is 28.9 Å². The second-order valence-electron chi connectivity index (χ2n) is 4.28. The summed E-state index contributed by atoms with van der Waals surface area (Å²) in [6.07, 6.45) is 2.08. The van der Waals surface area contributed by atoms with Gasteiger partial charge in [0.05, 0.1) is 0 Å². The Morgan fingerprint density at radius 2 is 1.56 bits per heavy atom. The highest BCUT2D eigenvalue weighted by molar-refractivity contribution is 6.34. The van der Waals surface area contributed by atoms with E-state index in [9.17, 15) is 0 Å². The van der Waals surface area contributed by atoms with Crippen molar-refractivity contribution in [1.82, 2.24) is 0 Å². The van der Waals surface area contributed by atoms with E-state index in [0.717, 1.165) is 18.4 Å². The Labute approximate surface area is 114 Å². The molecule has 0 amide bonds. The zero-order valence-corrected chi connectivity index (χ0v) is 11.9. The van der Waals surface area contributed by atoms with Gasteiger partial charge < -0.3 is 5.73 Å². The minimum Gasteiger partial charge on any atom is -0.324 e. The normalized spacial score (nSPS) is 12.4. The van der Waals surface area contributed by atoms with Crippen molar-refractivity contribution in [2.24, 2.45) is 11.7 Å². The minimum absolute atomic E-state index is 0. The van der Waals surface area contributed by atoms with Crippen molar-refractivity contribution < 1.29 is 0 Å². The summed E-state index contributed by atoms with van der Waals surface area (Å²) in [5.41, 5.74) is 7.09. The fourth-order valence-corrected chi connectivity index (χ4v) is 2.01. The maximum Gasteiger partial charge on any atom is 0.0424 e. The lowest BCUT2D eigenvalue weighted by Crippen LogP contribution is -2.11. The molecule has 0 radical (unpaired) electrons. The summed E-state index contributed by atoms with van der Waals surface area (Å²) >= 11 is 11.8. The van der Waals surface area contributed by atoms with Gasteiger partial charge in [0.2, 0.25) is 0 Å². The second-order valence-corrected chi connectivity index (χ2v) is 5.15. The van der Waals surface area contributed by atoms with E-state index in [1.807, 2.05) is 12.1 Å². The number of nitrogens with two attached hydrogens (primary N) is 1. The van der Waals surface area contributed by atoms with Gasteiger partial charge in [0.15, 0.2) is 0 Å². The third-order valence-electron chi connectivity index (χ3n) is 2.37. The van der Waals surface area contributed by atoms with Crippen LogP contribution in [-0.2, 0) is 0 Å². The first-order chi connectivity index (χ1) is 6.99. The first kappa shape index (κ1) is 16.1. The number of hydrogen-bond acceptors (Lipinski definition) is 1. The molecule has 0 fully saturated rings. The largest absolute Gasteiger partial charge is 0.324 e. The van der Waals surface area contributed by atoms with Crippen LogP contribution in [0.5, 0.6) is 0 Å². The summed E-state index contributed by atoms with van der Waals surface area (Å²) in [4.78, 5) is 0. The van der Waals surface area contributed by atoms with Crippen LogP contribution in [0.4, 0.5) is 0 Å². The van der Waals surface area contributed by atoms with Crippen LogP contribution in [0.2, 0.25) is 10.0 Å². The lowest BCUT2D eigenvalue weighted by molar-refractivity contribution is 0.507. The van der Waals surface area contributed by atoms with Gasteiger partial charge in [0.1, 0.15) is 0 Å². The molecule has 16 heavy (non-hydrogen) atoms. The molecule has 0 aromatic heterocycles. The van der Waals surface area contributed by atoms with E-state index in [-0.39, 0.29) is 18.4 Å². The van der Waals surface area contributed by atoms with Crippen molar-refractivity contribution in [1.29, 1.82) is 0 Å². The van der Waals surface area contributed by atoms with Crippen molar-refractivity contribution in [2.75, 3.05) is 0 Å². The Balaban J connectivity index is 0.00000225. The highest BCUT2D eigenvalue weighted by Gasteiger charge is 2.08. The lowest BCUT2D eigenvalue weighted by Gasteiger charge is -2.14. The first-order valence-corrected chi connectivity index (χ1v) is 5.96. The van der Waals surface area contributed by atoms with Crippen LogP contribution >= 0.6 is 35.6 Å². The summed E-state index contributed by atoms with van der Waals surface area (Å²) in [6.45, 7) is 4.38. The van der Waals surface area contributed by atoms with Gasteiger partial charge in [-0.2, -0.15) is 0 Å². The molecule has 2 N–H and O–H groups in total. The van der Waals surface area contributed by atoms with Crippen molar-refractivity contribution in [3.05, 3.63) is 33.8 Å². The van der Waals surface area contributed by atoms with E-state index in [1.165, 1.54) is 0 Å². The summed E-state index contributed by atoms with van der Waals surface area (Å²) in [5.74, 6) is 0.672. The van der Waals surface area contributed by atoms with E-state index >= 15 is 0 Å². The first-order valence-electron chi connectivity index (χ1n) is 5.20. The molecule has 1 nitrogen and oxygen atoms in total. The highest BCUT2D eigenvalue weighted by Crippen LogP contribution is 2.25. The van der Waals surface area contributed by atoms with Crippen LogP contribution in [0.1, 0.15) is 38.3 Å². The standard InChI is InChI=1S/C12H17Cl2N.ClH/c1-8(2)3-4-12(15)9-5-10(13)7-11(14)6-9;/h5-8,12H,3-4,15H2,1-2H3;1H/t12-;/m0./s1. The van der Waals surface area contributed by atoms with Crippen molar-refractivity contribution >= 4 is 35.6 Å². The molecule has 1 atom stereocenters. The van der Waals surface area contributed by atoms with E-state index < -0.39 is 0 Å². The van der Waals surface area contributed by atoms with Gasteiger partial charge in [-0.15, -0.1) is 12.4 Å². The predicted octanol–water partition coefficient (Wildman–Crippen LogP) is 4.85. The van der Waals surface area contributed by atoms with E-state index in [2.05, 4.69) is 13.8 Å². The Morgan fingerprint density at radius 3 is 2.00 bits per heavy atom. The smallest absolute Gasteiger partial charge is 0.0424 e. The Bertz CT molecular complexity index is 306. The lowest BCUT2D eigenvalue weighted by atomic mass is 9.98. The third-order valence-corrected chi connectivity index (χ3v) is 2.80.